The molecule has 1 N–H and O–H groups in total. The van der Waals surface area contributed by atoms with Crippen molar-refractivity contribution in [3.05, 3.63) is 71.5 Å². The van der Waals surface area contributed by atoms with E-state index >= 15 is 0 Å². The molecule has 0 fully saturated rings. The van der Waals surface area contributed by atoms with E-state index in [2.05, 4.69) is 0 Å². The van der Waals surface area contributed by atoms with E-state index in [-0.39, 0.29) is 5.82 Å². The van der Waals surface area contributed by atoms with E-state index in [1.54, 1.807) is 36.4 Å². The lowest BCUT2D eigenvalue weighted by molar-refractivity contribution is 0.0696. The van der Waals surface area contributed by atoms with E-state index in [4.69, 9.17) is 5.11 Å². The molecule has 0 amide bonds. The van der Waals surface area contributed by atoms with Crippen molar-refractivity contribution < 1.29 is 19.1 Å². The number of aldehydes is 1. The van der Waals surface area contributed by atoms with Crippen molar-refractivity contribution in [2.45, 2.75) is 0 Å². The molecular weight excluding hydrogens is 235 g/mol. The Hall–Kier alpha value is -2.49. The molecule has 3 nitrogen and oxygen atoms in total. The molecule has 0 spiro atoms. The minimum Gasteiger partial charge on any atom is -0.478 e. The van der Waals surface area contributed by atoms with Crippen LogP contribution in [0.4, 0.5) is 4.39 Å². The molecule has 0 aliphatic rings. The number of carboxylic acids is 1. The zero-order chi connectivity index (χ0) is 13.4. The second-order valence-corrected chi connectivity index (χ2v) is 3.34. The Morgan fingerprint density at radius 1 is 1.06 bits per heavy atom. The van der Waals surface area contributed by atoms with Gasteiger partial charge >= 0.3 is 5.97 Å². The largest absolute Gasteiger partial charge is 0.478 e. The molecular formula is C14H11FO3. The first-order valence-corrected chi connectivity index (χ1v) is 5.12. The summed E-state index contributed by atoms with van der Waals surface area (Å²) in [4.78, 5) is 20.2. The highest BCUT2D eigenvalue weighted by molar-refractivity contribution is 5.87. The smallest absolute Gasteiger partial charge is 0.335 e. The van der Waals surface area contributed by atoms with Crippen LogP contribution in [0.2, 0.25) is 0 Å². The van der Waals surface area contributed by atoms with E-state index < -0.39 is 5.97 Å². The summed E-state index contributed by atoms with van der Waals surface area (Å²) in [5, 5.41) is 8.38. The molecule has 0 aliphatic heterocycles. The summed E-state index contributed by atoms with van der Waals surface area (Å²) >= 11 is 0. The van der Waals surface area contributed by atoms with Crippen LogP contribution in [0.25, 0.3) is 0 Å². The van der Waals surface area contributed by atoms with E-state index in [1.807, 2.05) is 0 Å². The third-order valence-corrected chi connectivity index (χ3v) is 2.01. The number of carbonyl (C=O) groups excluding carboxylic acids is 1. The van der Waals surface area contributed by atoms with Gasteiger partial charge in [0.2, 0.25) is 0 Å². The van der Waals surface area contributed by atoms with Crippen LogP contribution in [-0.4, -0.2) is 17.4 Å². The molecule has 0 atom stereocenters. The molecule has 0 aliphatic carbocycles. The molecule has 92 valence electrons. The first-order chi connectivity index (χ1) is 8.63. The fraction of sp³-hybridized carbons (Fsp3) is 0. The first-order valence-electron chi connectivity index (χ1n) is 5.12. The van der Waals surface area contributed by atoms with Crippen LogP contribution < -0.4 is 0 Å². The minimum atomic E-state index is -0.879. The molecule has 0 saturated carbocycles. The van der Waals surface area contributed by atoms with Gasteiger partial charge in [-0.1, -0.05) is 30.3 Å². The van der Waals surface area contributed by atoms with Crippen LogP contribution in [0.15, 0.2) is 54.6 Å². The monoisotopic (exact) mass is 246 g/mol. The number of benzene rings is 2. The number of hydrogen-bond donors (Lipinski definition) is 1. The molecule has 2 aromatic rings. The molecule has 18 heavy (non-hydrogen) atoms. The van der Waals surface area contributed by atoms with Crippen LogP contribution in [0.3, 0.4) is 0 Å². The maximum absolute atomic E-state index is 12.2. The highest BCUT2D eigenvalue weighted by atomic mass is 19.1. The Bertz CT molecular complexity index is 524. The van der Waals surface area contributed by atoms with Gasteiger partial charge in [0.25, 0.3) is 0 Å². The molecule has 0 radical (unpaired) electrons. The Morgan fingerprint density at radius 3 is 2.11 bits per heavy atom. The van der Waals surface area contributed by atoms with Gasteiger partial charge in [0.1, 0.15) is 12.1 Å². The predicted molar refractivity (Wildman–Crippen MR) is 65.2 cm³/mol. The molecule has 0 heterocycles. The van der Waals surface area contributed by atoms with Crippen molar-refractivity contribution in [2.24, 2.45) is 0 Å². The lowest BCUT2D eigenvalue weighted by Gasteiger charge is -1.88. The summed E-state index contributed by atoms with van der Waals surface area (Å²) in [5.41, 5.74) is 0.701. The van der Waals surface area contributed by atoms with Crippen molar-refractivity contribution in [2.75, 3.05) is 0 Å². The summed E-state index contributed by atoms with van der Waals surface area (Å²) in [7, 11) is 0. The van der Waals surface area contributed by atoms with Gasteiger partial charge in [-0.3, -0.25) is 4.79 Å². The number of carbonyl (C=O) groups is 2. The van der Waals surface area contributed by atoms with Gasteiger partial charge < -0.3 is 5.11 Å². The summed E-state index contributed by atoms with van der Waals surface area (Å²) in [6.45, 7) is 0. The quantitative estimate of drug-likeness (QED) is 0.828. The summed E-state index contributed by atoms with van der Waals surface area (Å²) < 4.78 is 12.2. The molecule has 0 bridgehead atoms. The average molecular weight is 246 g/mol. The zero-order valence-electron chi connectivity index (χ0n) is 9.42. The second kappa shape index (κ2) is 6.96. The molecule has 0 unspecified atom stereocenters. The summed E-state index contributed by atoms with van der Waals surface area (Å²) in [6.07, 6.45) is 0.614. The molecule has 0 aromatic heterocycles. The Labute approximate surface area is 104 Å². The van der Waals surface area contributed by atoms with Crippen LogP contribution in [-0.2, 0) is 0 Å². The van der Waals surface area contributed by atoms with Crippen molar-refractivity contribution in [1.29, 1.82) is 0 Å². The van der Waals surface area contributed by atoms with Crippen molar-refractivity contribution in [3.63, 3.8) is 0 Å². The molecule has 0 saturated heterocycles. The number of rotatable bonds is 2. The minimum absolute atomic E-state index is 0.331. The van der Waals surface area contributed by atoms with E-state index in [1.165, 1.54) is 18.2 Å². The standard InChI is InChI=1S/C7H5FO.C7H6O2/c8-7-3-1-2-6(4-7)5-9;8-7(9)6-4-2-1-3-5-6/h1-5H;1-5H,(H,8,9). The van der Waals surface area contributed by atoms with Crippen molar-refractivity contribution in [3.8, 4) is 0 Å². The van der Waals surface area contributed by atoms with E-state index in [0.29, 0.717) is 17.4 Å². The average Bonchev–Trinajstić information content (AvgIpc) is 2.40. The van der Waals surface area contributed by atoms with Crippen LogP contribution in [0.1, 0.15) is 20.7 Å². The van der Waals surface area contributed by atoms with Crippen LogP contribution in [0.5, 0.6) is 0 Å². The third kappa shape index (κ3) is 4.57. The fourth-order valence-corrected chi connectivity index (χ4v) is 1.16. The number of aromatic carboxylic acids is 1. The van der Waals surface area contributed by atoms with Gasteiger partial charge in [-0.15, -0.1) is 0 Å². The third-order valence-electron chi connectivity index (χ3n) is 2.01. The Kier molecular flexibility index (Phi) is 5.25. The zero-order valence-corrected chi connectivity index (χ0v) is 9.42. The molecule has 4 heteroatoms. The highest BCUT2D eigenvalue weighted by Gasteiger charge is 1.96. The fourth-order valence-electron chi connectivity index (χ4n) is 1.16. The predicted octanol–water partition coefficient (Wildman–Crippen LogP) is 3.02. The van der Waals surface area contributed by atoms with E-state index in [0.717, 1.165) is 0 Å². The Balaban J connectivity index is 0.000000180. The van der Waals surface area contributed by atoms with E-state index in [9.17, 15) is 14.0 Å². The molecule has 2 rings (SSSR count). The molecule has 2 aromatic carbocycles. The maximum Gasteiger partial charge on any atom is 0.335 e. The van der Waals surface area contributed by atoms with Crippen molar-refractivity contribution >= 4 is 12.3 Å². The summed E-state index contributed by atoms with van der Waals surface area (Å²) in [6, 6.07) is 13.8. The SMILES string of the molecule is O=C(O)c1ccccc1.O=Cc1cccc(F)c1. The Morgan fingerprint density at radius 2 is 1.72 bits per heavy atom. The summed E-state index contributed by atoms with van der Waals surface area (Å²) in [5.74, 6) is -1.25. The van der Waals surface area contributed by atoms with Gasteiger partial charge in [0.15, 0.2) is 0 Å². The van der Waals surface area contributed by atoms with Gasteiger partial charge in [0, 0.05) is 5.56 Å². The number of hydrogen-bond acceptors (Lipinski definition) is 2. The van der Waals surface area contributed by atoms with Gasteiger partial charge in [-0.05, 0) is 24.3 Å². The topological polar surface area (TPSA) is 54.4 Å². The lowest BCUT2D eigenvalue weighted by Crippen LogP contribution is -1.93. The van der Waals surface area contributed by atoms with Crippen LogP contribution >= 0.6 is 0 Å². The number of carboxylic acid groups (broad SMARTS) is 1. The van der Waals surface area contributed by atoms with Gasteiger partial charge in [-0.2, -0.15) is 0 Å². The number of halogens is 1. The van der Waals surface area contributed by atoms with Crippen molar-refractivity contribution in [1.82, 2.24) is 0 Å². The normalized spacial score (nSPS) is 8.94. The highest BCUT2D eigenvalue weighted by Crippen LogP contribution is 1.99. The first kappa shape index (κ1) is 13.6. The maximum atomic E-state index is 12.2. The lowest BCUT2D eigenvalue weighted by atomic mass is 10.2. The van der Waals surface area contributed by atoms with Crippen LogP contribution in [0, 0.1) is 5.82 Å². The van der Waals surface area contributed by atoms with Gasteiger partial charge in [0.05, 0.1) is 5.56 Å². The van der Waals surface area contributed by atoms with Gasteiger partial charge in [-0.25, -0.2) is 9.18 Å². The second-order valence-electron chi connectivity index (χ2n) is 3.34.